The van der Waals surface area contributed by atoms with Crippen LogP contribution in [0.3, 0.4) is 0 Å². The maximum atomic E-state index is 10.8. The molecule has 68 valence electrons. The van der Waals surface area contributed by atoms with Crippen molar-refractivity contribution in [3.05, 3.63) is 5.57 Å². The fourth-order valence-corrected chi connectivity index (χ4v) is 2.41. The van der Waals surface area contributed by atoms with Crippen LogP contribution < -0.4 is 0 Å². The lowest BCUT2D eigenvalue weighted by Gasteiger charge is -2.41. The highest BCUT2D eigenvalue weighted by Crippen LogP contribution is 2.48. The van der Waals surface area contributed by atoms with Gasteiger partial charge in [0.25, 0.3) is 0 Å². The van der Waals surface area contributed by atoms with Gasteiger partial charge < -0.3 is 0 Å². The molecule has 0 saturated heterocycles. The number of allylic oxidation sites excluding steroid dienone is 1. The van der Waals surface area contributed by atoms with Crippen molar-refractivity contribution in [2.24, 2.45) is 10.8 Å². The van der Waals surface area contributed by atoms with Crippen LogP contribution in [0.25, 0.3) is 0 Å². The predicted molar refractivity (Wildman–Crippen MR) is 50.6 cm³/mol. The molecule has 0 unspecified atom stereocenters. The Kier molecular flexibility index (Phi) is 2.18. The predicted octanol–water partition coefficient (Wildman–Crippen LogP) is 2.98. The third-order valence-corrected chi connectivity index (χ3v) is 3.06. The Hall–Kier alpha value is -0.550. The van der Waals surface area contributed by atoms with Gasteiger partial charge in [-0.2, -0.15) is 0 Å². The molecule has 0 radical (unpaired) electrons. The second-order valence-electron chi connectivity index (χ2n) is 5.10. The summed E-state index contributed by atoms with van der Waals surface area (Å²) < 4.78 is 0. The fourth-order valence-electron chi connectivity index (χ4n) is 2.41. The Balaban J connectivity index is 3.06. The van der Waals surface area contributed by atoms with Crippen molar-refractivity contribution >= 4 is 5.94 Å². The summed E-state index contributed by atoms with van der Waals surface area (Å²) >= 11 is 0. The van der Waals surface area contributed by atoms with E-state index in [9.17, 15) is 4.79 Å². The van der Waals surface area contributed by atoms with Gasteiger partial charge in [0.05, 0.1) is 0 Å². The summed E-state index contributed by atoms with van der Waals surface area (Å²) in [7, 11) is 0. The first-order valence-corrected chi connectivity index (χ1v) is 4.66. The molecule has 0 bridgehead atoms. The Bertz CT molecular complexity index is 211. The normalized spacial score (nSPS) is 26.5. The van der Waals surface area contributed by atoms with E-state index >= 15 is 0 Å². The zero-order valence-corrected chi connectivity index (χ0v) is 8.53. The minimum absolute atomic E-state index is 0.0729. The summed E-state index contributed by atoms with van der Waals surface area (Å²) in [6.45, 7) is 8.59. The van der Waals surface area contributed by atoms with Crippen LogP contribution in [0.15, 0.2) is 5.57 Å². The van der Waals surface area contributed by atoms with Crippen LogP contribution >= 0.6 is 0 Å². The van der Waals surface area contributed by atoms with Crippen molar-refractivity contribution in [1.29, 1.82) is 0 Å². The van der Waals surface area contributed by atoms with Gasteiger partial charge in [0, 0.05) is 5.57 Å². The van der Waals surface area contributed by atoms with Crippen LogP contribution in [0.2, 0.25) is 0 Å². The summed E-state index contributed by atoms with van der Waals surface area (Å²) in [5.41, 5.74) is 1.12. The zero-order chi connectivity index (χ0) is 9.41. The summed E-state index contributed by atoms with van der Waals surface area (Å²) in [5.74, 6) is 2.15. The molecule has 0 aromatic carbocycles. The van der Waals surface area contributed by atoms with Gasteiger partial charge >= 0.3 is 0 Å². The highest BCUT2D eigenvalue weighted by Gasteiger charge is 2.39. The molecule has 0 spiro atoms. The molecule has 0 heterocycles. The lowest BCUT2D eigenvalue weighted by atomic mass is 9.62. The molecule has 0 amide bonds. The van der Waals surface area contributed by atoms with Gasteiger partial charge in [-0.05, 0) is 23.7 Å². The molecule has 1 rings (SSSR count). The quantitative estimate of drug-likeness (QED) is 0.506. The van der Waals surface area contributed by atoms with Crippen molar-refractivity contribution in [2.75, 3.05) is 0 Å². The van der Waals surface area contributed by atoms with Crippen molar-refractivity contribution < 1.29 is 4.79 Å². The first-order valence-electron chi connectivity index (χ1n) is 4.66. The Morgan fingerprint density at radius 1 is 1.08 bits per heavy atom. The monoisotopic (exact) mass is 166 g/mol. The molecule has 0 aromatic heterocycles. The summed E-state index contributed by atoms with van der Waals surface area (Å²) in [4.78, 5) is 10.8. The second-order valence-corrected chi connectivity index (χ2v) is 5.10. The van der Waals surface area contributed by atoms with Gasteiger partial charge in [-0.15, -0.1) is 0 Å². The van der Waals surface area contributed by atoms with E-state index in [2.05, 4.69) is 33.6 Å². The lowest BCUT2D eigenvalue weighted by molar-refractivity contribution is 0.219. The fraction of sp³-hybridized carbons (Fsp3) is 0.818. The van der Waals surface area contributed by atoms with Crippen molar-refractivity contribution in [3.63, 3.8) is 0 Å². The Morgan fingerprint density at radius 2 is 1.50 bits per heavy atom. The molecule has 1 heteroatoms. The maximum absolute atomic E-state index is 10.8. The van der Waals surface area contributed by atoms with E-state index in [1.807, 2.05) is 0 Å². The van der Waals surface area contributed by atoms with E-state index in [1.165, 1.54) is 6.42 Å². The molecule has 12 heavy (non-hydrogen) atoms. The molecule has 1 aliphatic rings. The minimum atomic E-state index is 0.0729. The number of rotatable bonds is 0. The standard InChI is InChI=1S/C11H18O/c1-10(2)6-5-7-11(3,4)9(10)8-12/h5-7H2,1-4H3. The molecule has 1 saturated carbocycles. The molecule has 1 aliphatic carbocycles. The molecule has 1 fully saturated rings. The molecule has 0 aliphatic heterocycles. The van der Waals surface area contributed by atoms with Crippen LogP contribution in [-0.4, -0.2) is 5.94 Å². The summed E-state index contributed by atoms with van der Waals surface area (Å²) in [5, 5.41) is 0. The average molecular weight is 166 g/mol. The lowest BCUT2D eigenvalue weighted by Crippen LogP contribution is -2.32. The third kappa shape index (κ3) is 1.47. The summed E-state index contributed by atoms with van der Waals surface area (Å²) in [6, 6.07) is 0. The van der Waals surface area contributed by atoms with Gasteiger partial charge in [-0.3, -0.25) is 0 Å². The van der Waals surface area contributed by atoms with Gasteiger partial charge in [-0.25, -0.2) is 4.79 Å². The van der Waals surface area contributed by atoms with Gasteiger partial charge in [0.2, 0.25) is 0 Å². The van der Waals surface area contributed by atoms with E-state index in [0.29, 0.717) is 0 Å². The Morgan fingerprint density at radius 3 is 1.75 bits per heavy atom. The zero-order valence-electron chi connectivity index (χ0n) is 8.53. The molecular weight excluding hydrogens is 148 g/mol. The molecule has 1 nitrogen and oxygen atoms in total. The van der Waals surface area contributed by atoms with Crippen molar-refractivity contribution in [2.45, 2.75) is 47.0 Å². The Labute approximate surface area is 74.9 Å². The first kappa shape index (κ1) is 9.54. The van der Waals surface area contributed by atoms with Crippen LogP contribution in [0.1, 0.15) is 47.0 Å². The van der Waals surface area contributed by atoms with Gasteiger partial charge in [-0.1, -0.05) is 34.1 Å². The largest absolute Gasteiger partial charge is 0.234 e. The molecule has 0 N–H and O–H groups in total. The van der Waals surface area contributed by atoms with Crippen LogP contribution in [0, 0.1) is 10.8 Å². The molecule has 0 aromatic rings. The highest BCUT2D eigenvalue weighted by molar-refractivity contribution is 5.57. The second kappa shape index (κ2) is 2.74. The maximum Gasteiger partial charge on any atom is 0.124 e. The molecule has 0 atom stereocenters. The number of carbonyl (C=O) groups excluding carboxylic acids is 1. The van der Waals surface area contributed by atoms with Crippen LogP contribution in [0.5, 0.6) is 0 Å². The third-order valence-electron chi connectivity index (χ3n) is 3.06. The summed E-state index contributed by atoms with van der Waals surface area (Å²) in [6.07, 6.45) is 3.48. The van der Waals surface area contributed by atoms with Crippen molar-refractivity contribution in [3.8, 4) is 0 Å². The van der Waals surface area contributed by atoms with E-state index in [-0.39, 0.29) is 10.8 Å². The smallest absolute Gasteiger partial charge is 0.124 e. The SMILES string of the molecule is CC1(C)CCCC(C)(C)C1=C=O. The topological polar surface area (TPSA) is 17.1 Å². The van der Waals surface area contributed by atoms with Gasteiger partial charge in [0.15, 0.2) is 0 Å². The van der Waals surface area contributed by atoms with E-state index in [4.69, 9.17) is 0 Å². The van der Waals surface area contributed by atoms with E-state index in [1.54, 1.807) is 0 Å². The average Bonchev–Trinajstić information content (AvgIpc) is 1.83. The van der Waals surface area contributed by atoms with Gasteiger partial charge in [0.1, 0.15) is 5.94 Å². The highest BCUT2D eigenvalue weighted by atomic mass is 16.1. The van der Waals surface area contributed by atoms with Crippen molar-refractivity contribution in [1.82, 2.24) is 0 Å². The van der Waals surface area contributed by atoms with Crippen LogP contribution in [-0.2, 0) is 4.79 Å². The van der Waals surface area contributed by atoms with E-state index < -0.39 is 0 Å². The number of hydrogen-bond acceptors (Lipinski definition) is 1. The van der Waals surface area contributed by atoms with Crippen LogP contribution in [0.4, 0.5) is 0 Å². The molecular formula is C11H18O. The first-order chi connectivity index (χ1) is 5.40. The minimum Gasteiger partial charge on any atom is -0.234 e. The number of hydrogen-bond donors (Lipinski definition) is 0. The van der Waals surface area contributed by atoms with E-state index in [0.717, 1.165) is 18.4 Å².